The van der Waals surface area contributed by atoms with Gasteiger partial charge in [0.1, 0.15) is 0 Å². The van der Waals surface area contributed by atoms with Gasteiger partial charge in [0.2, 0.25) is 0 Å². The van der Waals surface area contributed by atoms with Crippen molar-refractivity contribution < 1.29 is 4.79 Å². The number of rotatable bonds is 7. The standard InChI is InChI=1S/C14H20OS/c1-3-4-5-12-6-8-13(9-7-12)14(15)10-11-16-2/h6-9H,3-5,10-11H2,1-2H3. The second-order valence-corrected chi connectivity index (χ2v) is 4.95. The molecule has 0 spiro atoms. The van der Waals surface area contributed by atoms with Gasteiger partial charge in [-0.1, -0.05) is 37.6 Å². The number of hydrogen-bond acceptors (Lipinski definition) is 2. The first kappa shape index (κ1) is 13.3. The molecule has 0 aliphatic carbocycles. The van der Waals surface area contributed by atoms with Gasteiger partial charge in [0.15, 0.2) is 5.78 Å². The minimum absolute atomic E-state index is 0.261. The first-order valence-corrected chi connectivity index (χ1v) is 7.28. The summed E-state index contributed by atoms with van der Waals surface area (Å²) in [5.74, 6) is 1.17. The lowest BCUT2D eigenvalue weighted by atomic mass is 10.0. The summed E-state index contributed by atoms with van der Waals surface area (Å²) in [5.41, 5.74) is 2.19. The van der Waals surface area contributed by atoms with Crippen LogP contribution in [-0.4, -0.2) is 17.8 Å². The minimum Gasteiger partial charge on any atom is -0.294 e. The fourth-order valence-corrected chi connectivity index (χ4v) is 1.97. The highest BCUT2D eigenvalue weighted by Crippen LogP contribution is 2.10. The molecule has 0 aliphatic heterocycles. The van der Waals surface area contributed by atoms with Gasteiger partial charge >= 0.3 is 0 Å². The molecular weight excluding hydrogens is 216 g/mol. The van der Waals surface area contributed by atoms with Crippen molar-refractivity contribution in [2.45, 2.75) is 32.6 Å². The third kappa shape index (κ3) is 4.40. The molecule has 1 aromatic carbocycles. The molecular formula is C14H20OS. The van der Waals surface area contributed by atoms with E-state index in [4.69, 9.17) is 0 Å². The lowest BCUT2D eigenvalue weighted by Gasteiger charge is -2.03. The van der Waals surface area contributed by atoms with Crippen molar-refractivity contribution in [1.29, 1.82) is 0 Å². The molecule has 0 fully saturated rings. The van der Waals surface area contributed by atoms with Gasteiger partial charge in [-0.05, 0) is 24.7 Å². The normalized spacial score (nSPS) is 10.4. The second-order valence-electron chi connectivity index (χ2n) is 3.97. The average molecular weight is 236 g/mol. The SMILES string of the molecule is CCCCc1ccc(C(=O)CCSC)cc1. The number of carbonyl (C=O) groups is 1. The second kappa shape index (κ2) is 7.50. The number of Topliss-reactive ketones (excluding diaryl/α,β-unsaturated/α-hetero) is 1. The largest absolute Gasteiger partial charge is 0.294 e. The van der Waals surface area contributed by atoms with Crippen LogP contribution in [0, 0.1) is 0 Å². The van der Waals surface area contributed by atoms with Crippen LogP contribution in [0.2, 0.25) is 0 Å². The van der Waals surface area contributed by atoms with E-state index in [1.165, 1.54) is 18.4 Å². The van der Waals surface area contributed by atoms with Gasteiger partial charge in [0.05, 0.1) is 0 Å². The molecule has 0 saturated carbocycles. The summed E-state index contributed by atoms with van der Waals surface area (Å²) in [6.45, 7) is 2.19. The summed E-state index contributed by atoms with van der Waals surface area (Å²) in [5, 5.41) is 0. The topological polar surface area (TPSA) is 17.1 Å². The monoisotopic (exact) mass is 236 g/mol. The van der Waals surface area contributed by atoms with Crippen LogP contribution < -0.4 is 0 Å². The van der Waals surface area contributed by atoms with Crippen LogP contribution in [0.15, 0.2) is 24.3 Å². The highest BCUT2D eigenvalue weighted by molar-refractivity contribution is 7.98. The molecule has 0 unspecified atom stereocenters. The Morgan fingerprint density at radius 1 is 1.25 bits per heavy atom. The Morgan fingerprint density at radius 2 is 1.94 bits per heavy atom. The highest BCUT2D eigenvalue weighted by Gasteiger charge is 2.04. The lowest BCUT2D eigenvalue weighted by molar-refractivity contribution is 0.0989. The molecule has 0 heterocycles. The van der Waals surface area contributed by atoms with Crippen molar-refractivity contribution in [3.63, 3.8) is 0 Å². The third-order valence-corrected chi connectivity index (χ3v) is 3.24. The first-order valence-electron chi connectivity index (χ1n) is 5.89. The van der Waals surface area contributed by atoms with Crippen LogP contribution in [0.5, 0.6) is 0 Å². The summed E-state index contributed by atoms with van der Waals surface area (Å²) < 4.78 is 0. The summed E-state index contributed by atoms with van der Waals surface area (Å²) >= 11 is 1.72. The maximum Gasteiger partial charge on any atom is 0.163 e. The van der Waals surface area contributed by atoms with E-state index in [2.05, 4.69) is 19.1 Å². The predicted octanol–water partition coefficient (Wildman–Crippen LogP) is 3.97. The van der Waals surface area contributed by atoms with E-state index in [9.17, 15) is 4.79 Å². The van der Waals surface area contributed by atoms with E-state index in [1.54, 1.807) is 11.8 Å². The van der Waals surface area contributed by atoms with E-state index < -0.39 is 0 Å². The van der Waals surface area contributed by atoms with E-state index in [0.717, 1.165) is 17.7 Å². The molecule has 0 amide bonds. The lowest BCUT2D eigenvalue weighted by Crippen LogP contribution is -2.00. The Labute approximate surface area is 103 Å². The van der Waals surface area contributed by atoms with Crippen molar-refractivity contribution in [2.24, 2.45) is 0 Å². The maximum atomic E-state index is 11.7. The van der Waals surface area contributed by atoms with Crippen molar-refractivity contribution in [2.75, 3.05) is 12.0 Å². The number of unbranched alkanes of at least 4 members (excludes halogenated alkanes) is 1. The van der Waals surface area contributed by atoms with Crippen LogP contribution in [-0.2, 0) is 6.42 Å². The van der Waals surface area contributed by atoms with Gasteiger partial charge in [-0.25, -0.2) is 0 Å². The quantitative estimate of drug-likeness (QED) is 0.666. The molecule has 2 heteroatoms. The molecule has 1 nitrogen and oxygen atoms in total. The van der Waals surface area contributed by atoms with E-state index in [0.29, 0.717) is 6.42 Å². The van der Waals surface area contributed by atoms with E-state index in [-0.39, 0.29) is 5.78 Å². The maximum absolute atomic E-state index is 11.7. The zero-order valence-corrected chi connectivity index (χ0v) is 11.0. The van der Waals surface area contributed by atoms with E-state index in [1.807, 2.05) is 18.4 Å². The van der Waals surface area contributed by atoms with Crippen molar-refractivity contribution >= 4 is 17.5 Å². The molecule has 1 aromatic rings. The number of aryl methyl sites for hydroxylation is 1. The zero-order chi connectivity index (χ0) is 11.8. The number of hydrogen-bond donors (Lipinski definition) is 0. The van der Waals surface area contributed by atoms with Crippen LogP contribution in [0.3, 0.4) is 0 Å². The third-order valence-electron chi connectivity index (χ3n) is 2.63. The van der Waals surface area contributed by atoms with Crippen LogP contribution in [0.1, 0.15) is 42.1 Å². The van der Waals surface area contributed by atoms with Crippen LogP contribution in [0.4, 0.5) is 0 Å². The predicted molar refractivity (Wildman–Crippen MR) is 72.4 cm³/mol. The van der Waals surface area contributed by atoms with Crippen LogP contribution >= 0.6 is 11.8 Å². The summed E-state index contributed by atoms with van der Waals surface area (Å²) in [6.07, 6.45) is 6.24. The van der Waals surface area contributed by atoms with Gasteiger partial charge in [-0.2, -0.15) is 11.8 Å². The fraction of sp³-hybridized carbons (Fsp3) is 0.500. The molecule has 1 rings (SSSR count). The van der Waals surface area contributed by atoms with Crippen LogP contribution in [0.25, 0.3) is 0 Å². The smallest absolute Gasteiger partial charge is 0.163 e. The summed E-state index contributed by atoms with van der Waals surface area (Å²) in [4.78, 5) is 11.7. The van der Waals surface area contributed by atoms with Crippen molar-refractivity contribution in [3.05, 3.63) is 35.4 Å². The molecule has 88 valence electrons. The molecule has 0 aromatic heterocycles. The Kier molecular flexibility index (Phi) is 6.24. The van der Waals surface area contributed by atoms with Gasteiger partial charge < -0.3 is 0 Å². The number of carbonyl (C=O) groups excluding carboxylic acids is 1. The molecule has 0 bridgehead atoms. The van der Waals surface area contributed by atoms with Gasteiger partial charge in [-0.3, -0.25) is 4.79 Å². The number of ketones is 1. The summed E-state index contributed by atoms with van der Waals surface area (Å²) in [7, 11) is 0. The molecule has 0 N–H and O–H groups in total. The Bertz CT molecular complexity index is 316. The Hall–Kier alpha value is -0.760. The molecule has 0 aliphatic rings. The van der Waals surface area contributed by atoms with Gasteiger partial charge in [-0.15, -0.1) is 0 Å². The average Bonchev–Trinajstić information content (AvgIpc) is 2.34. The van der Waals surface area contributed by atoms with Gasteiger partial charge in [0.25, 0.3) is 0 Å². The Balaban J connectivity index is 2.53. The van der Waals surface area contributed by atoms with Crippen molar-refractivity contribution in [3.8, 4) is 0 Å². The fourth-order valence-electron chi connectivity index (χ4n) is 1.58. The summed E-state index contributed by atoms with van der Waals surface area (Å²) in [6, 6.07) is 8.10. The van der Waals surface area contributed by atoms with Crippen molar-refractivity contribution in [1.82, 2.24) is 0 Å². The number of thioether (sulfide) groups is 1. The molecule has 16 heavy (non-hydrogen) atoms. The van der Waals surface area contributed by atoms with E-state index >= 15 is 0 Å². The zero-order valence-electron chi connectivity index (χ0n) is 10.2. The molecule has 0 atom stereocenters. The highest BCUT2D eigenvalue weighted by atomic mass is 32.2. The molecule has 0 radical (unpaired) electrons. The molecule has 0 saturated heterocycles. The Morgan fingerprint density at radius 3 is 2.50 bits per heavy atom. The first-order chi connectivity index (χ1) is 7.77. The minimum atomic E-state index is 0.261. The van der Waals surface area contributed by atoms with Gasteiger partial charge in [0, 0.05) is 17.7 Å². The number of benzene rings is 1.